The van der Waals surface area contributed by atoms with Crippen LogP contribution >= 0.6 is 0 Å². The number of ether oxygens (including phenoxy) is 5. The predicted octanol–water partition coefficient (Wildman–Crippen LogP) is 8.47. The molecule has 0 bridgehead atoms. The molecule has 0 aromatic heterocycles. The topological polar surface area (TPSA) is 66.4 Å². The third-order valence-electron chi connectivity index (χ3n) is 9.45. The molecule has 6 heteroatoms. The molecule has 0 spiro atoms. The van der Waals surface area contributed by atoms with Gasteiger partial charge in [-0.2, -0.15) is 0 Å². The Bertz CT molecular complexity index is 1800. The molecular weight excluding hydrogens is 648 g/mol. The van der Waals surface area contributed by atoms with Gasteiger partial charge in [0, 0.05) is 0 Å². The molecule has 1 fully saturated rings. The molecular formula is C46H44O6. The van der Waals surface area contributed by atoms with Crippen LogP contribution in [0.1, 0.15) is 33.4 Å². The van der Waals surface area contributed by atoms with Crippen LogP contribution in [-0.2, 0) is 49.1 Å². The smallest absolute Gasteiger partial charge is 0.187 e. The summed E-state index contributed by atoms with van der Waals surface area (Å²) in [5, 5.41) is 12.2. The van der Waals surface area contributed by atoms with Crippen molar-refractivity contribution in [1.82, 2.24) is 0 Å². The molecule has 0 amide bonds. The Kier molecular flexibility index (Phi) is 12.0. The number of hydrogen-bond acceptors (Lipinski definition) is 6. The summed E-state index contributed by atoms with van der Waals surface area (Å²) >= 11 is 0. The van der Waals surface area contributed by atoms with Crippen LogP contribution in [0.15, 0.2) is 182 Å². The molecule has 0 aliphatic carbocycles. The summed E-state index contributed by atoms with van der Waals surface area (Å²) in [5.41, 5.74) is 4.82. The zero-order valence-electron chi connectivity index (χ0n) is 29.0. The molecule has 6 aromatic rings. The Morgan fingerprint density at radius 2 is 0.788 bits per heavy atom. The standard InChI is InChI=1S/C46H44O6/c47-42-41(34-51-46(38-25-13-4-14-26-38,39-27-15-5-16-28-39)40-29-17-6-18-30-40)52-45(50-33-37-23-11-3-12-24-37)44(49-32-36-21-9-2-10-22-36)43(42)48-31-35-19-7-1-8-20-35/h1-30,41-45,47H,31-34H2/t41-,42-,43+,44-,45+/m1/s1. The van der Waals surface area contributed by atoms with Crippen LogP contribution in [0.25, 0.3) is 0 Å². The van der Waals surface area contributed by atoms with E-state index >= 15 is 0 Å². The van der Waals surface area contributed by atoms with Crippen molar-refractivity contribution in [2.24, 2.45) is 0 Å². The van der Waals surface area contributed by atoms with E-state index in [1.807, 2.05) is 146 Å². The zero-order valence-corrected chi connectivity index (χ0v) is 29.0. The largest absolute Gasteiger partial charge is 0.387 e. The van der Waals surface area contributed by atoms with E-state index in [9.17, 15) is 5.11 Å². The summed E-state index contributed by atoms with van der Waals surface area (Å²) in [6, 6.07) is 60.3. The minimum absolute atomic E-state index is 0.0294. The van der Waals surface area contributed by atoms with E-state index < -0.39 is 36.3 Å². The summed E-state index contributed by atoms with van der Waals surface area (Å²) in [7, 11) is 0. The fourth-order valence-electron chi connectivity index (χ4n) is 6.79. The maximum atomic E-state index is 12.2. The van der Waals surface area contributed by atoms with Gasteiger partial charge in [0.1, 0.15) is 30.0 Å². The fraction of sp³-hybridized carbons (Fsp3) is 0.217. The molecule has 1 N–H and O–H groups in total. The van der Waals surface area contributed by atoms with E-state index in [0.717, 1.165) is 33.4 Å². The highest BCUT2D eigenvalue weighted by atomic mass is 16.7. The summed E-state index contributed by atoms with van der Waals surface area (Å²) in [5.74, 6) is 0. The van der Waals surface area contributed by atoms with Crippen LogP contribution in [0.5, 0.6) is 0 Å². The Morgan fingerprint density at radius 1 is 0.442 bits per heavy atom. The van der Waals surface area contributed by atoms with Crippen molar-refractivity contribution in [3.63, 3.8) is 0 Å². The van der Waals surface area contributed by atoms with Gasteiger partial charge in [0.2, 0.25) is 0 Å². The first-order chi connectivity index (χ1) is 25.7. The molecule has 0 saturated carbocycles. The maximum Gasteiger partial charge on any atom is 0.187 e. The first kappa shape index (κ1) is 35.5. The highest BCUT2D eigenvalue weighted by Crippen LogP contribution is 2.41. The van der Waals surface area contributed by atoms with E-state index in [-0.39, 0.29) is 26.4 Å². The monoisotopic (exact) mass is 692 g/mol. The van der Waals surface area contributed by atoms with Crippen molar-refractivity contribution in [3.05, 3.63) is 215 Å². The number of rotatable bonds is 15. The Hall–Kier alpha value is -4.92. The lowest BCUT2D eigenvalue weighted by Gasteiger charge is -2.45. The molecule has 1 saturated heterocycles. The van der Waals surface area contributed by atoms with Crippen molar-refractivity contribution in [2.45, 2.75) is 56.1 Å². The molecule has 1 heterocycles. The summed E-state index contributed by atoms with van der Waals surface area (Å²) in [6.07, 6.45) is -4.36. The second-order valence-electron chi connectivity index (χ2n) is 12.9. The Labute approximate surface area is 306 Å². The third-order valence-corrected chi connectivity index (χ3v) is 9.45. The molecule has 6 aromatic carbocycles. The van der Waals surface area contributed by atoms with Gasteiger partial charge in [-0.3, -0.25) is 0 Å². The van der Waals surface area contributed by atoms with Gasteiger partial charge in [0.15, 0.2) is 6.29 Å². The number of aliphatic hydroxyl groups is 1. The fourth-order valence-corrected chi connectivity index (χ4v) is 6.79. The SMILES string of the molecule is O[C@H]1[C@H](OCc2ccccc2)[C@@H](OCc2ccccc2)[C@@H](OCc2ccccc2)O[C@@H]1COC(c1ccccc1)(c1ccccc1)c1ccccc1. The predicted molar refractivity (Wildman–Crippen MR) is 201 cm³/mol. The summed E-state index contributed by atoms with van der Waals surface area (Å²) < 4.78 is 33.5. The van der Waals surface area contributed by atoms with Gasteiger partial charge >= 0.3 is 0 Å². The van der Waals surface area contributed by atoms with Crippen LogP contribution in [-0.4, -0.2) is 42.4 Å². The van der Waals surface area contributed by atoms with E-state index in [4.69, 9.17) is 23.7 Å². The lowest BCUT2D eigenvalue weighted by molar-refractivity contribution is -0.325. The maximum absolute atomic E-state index is 12.2. The van der Waals surface area contributed by atoms with Crippen LogP contribution in [0, 0.1) is 0 Å². The zero-order chi connectivity index (χ0) is 35.4. The van der Waals surface area contributed by atoms with E-state index in [0.29, 0.717) is 0 Å². The molecule has 264 valence electrons. The van der Waals surface area contributed by atoms with Gasteiger partial charge in [-0.05, 0) is 33.4 Å². The molecule has 6 nitrogen and oxygen atoms in total. The average molecular weight is 693 g/mol. The summed E-state index contributed by atoms with van der Waals surface area (Å²) in [6.45, 7) is 0.877. The minimum Gasteiger partial charge on any atom is -0.387 e. The molecule has 7 rings (SSSR count). The van der Waals surface area contributed by atoms with E-state index in [2.05, 4.69) is 36.4 Å². The lowest BCUT2D eigenvalue weighted by Crippen LogP contribution is -2.61. The highest BCUT2D eigenvalue weighted by Gasteiger charge is 2.49. The van der Waals surface area contributed by atoms with Gasteiger partial charge in [-0.1, -0.05) is 182 Å². The van der Waals surface area contributed by atoms with E-state index in [1.54, 1.807) is 0 Å². The molecule has 1 aliphatic rings. The molecule has 1 aliphatic heterocycles. The number of benzene rings is 6. The normalized spacial score (nSPS) is 20.4. The van der Waals surface area contributed by atoms with E-state index in [1.165, 1.54) is 0 Å². The quantitative estimate of drug-likeness (QED) is 0.109. The van der Waals surface area contributed by atoms with Crippen LogP contribution in [0.3, 0.4) is 0 Å². The van der Waals surface area contributed by atoms with Crippen molar-refractivity contribution in [1.29, 1.82) is 0 Å². The second-order valence-corrected chi connectivity index (χ2v) is 12.9. The number of hydrogen-bond donors (Lipinski definition) is 1. The Morgan fingerprint density at radius 3 is 1.19 bits per heavy atom. The van der Waals surface area contributed by atoms with Crippen LogP contribution < -0.4 is 0 Å². The summed E-state index contributed by atoms with van der Waals surface area (Å²) in [4.78, 5) is 0. The third kappa shape index (κ3) is 8.41. The minimum atomic E-state index is -1.11. The molecule has 5 atom stereocenters. The molecule has 0 radical (unpaired) electrons. The average Bonchev–Trinajstić information content (AvgIpc) is 3.22. The van der Waals surface area contributed by atoms with Crippen molar-refractivity contribution < 1.29 is 28.8 Å². The van der Waals surface area contributed by atoms with Gasteiger partial charge < -0.3 is 28.8 Å². The molecule has 0 unspecified atom stereocenters. The first-order valence-electron chi connectivity index (χ1n) is 17.8. The number of aliphatic hydroxyl groups excluding tert-OH is 1. The lowest BCUT2D eigenvalue weighted by atomic mass is 9.80. The Balaban J connectivity index is 1.23. The van der Waals surface area contributed by atoms with Crippen molar-refractivity contribution in [2.75, 3.05) is 6.61 Å². The molecule has 52 heavy (non-hydrogen) atoms. The van der Waals surface area contributed by atoms with Crippen molar-refractivity contribution in [3.8, 4) is 0 Å². The van der Waals surface area contributed by atoms with Gasteiger partial charge in [0.05, 0.1) is 26.4 Å². The van der Waals surface area contributed by atoms with Crippen molar-refractivity contribution >= 4 is 0 Å². The van der Waals surface area contributed by atoms with Gasteiger partial charge in [0.25, 0.3) is 0 Å². The van der Waals surface area contributed by atoms with Gasteiger partial charge in [-0.15, -0.1) is 0 Å². The van der Waals surface area contributed by atoms with Gasteiger partial charge in [-0.25, -0.2) is 0 Å². The first-order valence-corrected chi connectivity index (χ1v) is 17.8. The highest BCUT2D eigenvalue weighted by molar-refractivity contribution is 5.47. The second kappa shape index (κ2) is 17.5. The van der Waals surface area contributed by atoms with Crippen LogP contribution in [0.4, 0.5) is 0 Å². The van der Waals surface area contributed by atoms with Crippen LogP contribution in [0.2, 0.25) is 0 Å².